The Bertz CT molecular complexity index is 1360. The normalized spacial score (nSPS) is 17.5. The number of ether oxygens (including phenoxy) is 2. The number of rotatable bonds is 7. The number of amides is 1. The van der Waals surface area contributed by atoms with Gasteiger partial charge in [-0.15, -0.1) is 0 Å². The van der Waals surface area contributed by atoms with Crippen LogP contribution in [-0.4, -0.2) is 49.7 Å². The molecule has 2 heterocycles. The molecule has 1 saturated heterocycles. The molecule has 0 unspecified atom stereocenters. The molecule has 1 aliphatic carbocycles. The molecule has 3 N–H and O–H groups in total. The summed E-state index contributed by atoms with van der Waals surface area (Å²) in [4.78, 5) is 17.2. The number of aromatic nitrogens is 1. The Labute approximate surface area is 229 Å². The molecular formula is C30H34BN3O5. The third-order valence-corrected chi connectivity index (χ3v) is 7.77. The number of nitrogens with one attached hydrogen (secondary N) is 1. The highest BCUT2D eigenvalue weighted by atomic mass is 16.7. The van der Waals surface area contributed by atoms with Gasteiger partial charge in [0.05, 0.1) is 30.2 Å². The molecular weight excluding hydrogens is 493 g/mol. The highest BCUT2D eigenvalue weighted by molar-refractivity contribution is 6.56. The summed E-state index contributed by atoms with van der Waals surface area (Å²) in [7, 11) is 0.842. The van der Waals surface area contributed by atoms with Gasteiger partial charge in [0, 0.05) is 18.0 Å². The average molecular weight is 527 g/mol. The molecule has 2 aromatic carbocycles. The van der Waals surface area contributed by atoms with Crippen LogP contribution in [0.3, 0.4) is 0 Å². The first-order valence-corrected chi connectivity index (χ1v) is 13.0. The number of nitrogen functional groups attached to an aromatic ring is 1. The Kier molecular flexibility index (Phi) is 7.14. The summed E-state index contributed by atoms with van der Waals surface area (Å²) in [5.74, 6) is 0.378. The van der Waals surface area contributed by atoms with Gasteiger partial charge < -0.3 is 29.8 Å². The van der Waals surface area contributed by atoms with Crippen molar-refractivity contribution in [2.75, 3.05) is 26.0 Å². The number of fused-ring (bicyclic) bond motifs is 3. The molecule has 39 heavy (non-hydrogen) atoms. The van der Waals surface area contributed by atoms with Crippen LogP contribution >= 0.6 is 0 Å². The van der Waals surface area contributed by atoms with Gasteiger partial charge in [0.25, 0.3) is 0 Å². The Hall–Kier alpha value is -3.82. The van der Waals surface area contributed by atoms with Gasteiger partial charge in [0.1, 0.15) is 6.61 Å². The molecule has 8 nitrogen and oxygen atoms in total. The number of benzene rings is 2. The van der Waals surface area contributed by atoms with Gasteiger partial charge in [-0.1, -0.05) is 54.6 Å². The van der Waals surface area contributed by atoms with Gasteiger partial charge >= 0.3 is 13.2 Å². The number of alkyl carbamates (subject to hydrolysis) is 1. The molecule has 0 radical (unpaired) electrons. The van der Waals surface area contributed by atoms with Gasteiger partial charge in [-0.2, -0.15) is 0 Å². The minimum absolute atomic E-state index is 0.0242. The van der Waals surface area contributed by atoms with E-state index in [1.165, 1.54) is 17.3 Å². The summed E-state index contributed by atoms with van der Waals surface area (Å²) in [6.07, 6.45) is 2.82. The predicted octanol–water partition coefficient (Wildman–Crippen LogP) is 5.23. The highest BCUT2D eigenvalue weighted by Gasteiger charge is 2.52. The average Bonchev–Trinajstić information content (AvgIpc) is 3.34. The SMILES string of the molecule is COc1ncc(N)cc1C=C(CNC(=O)OCC1c2ccccc2-c2ccccc21)B1OC(C)(C)C(C)(C)O1. The first-order valence-electron chi connectivity index (χ1n) is 13.0. The topological polar surface area (TPSA) is 105 Å². The zero-order chi connectivity index (χ0) is 27.8. The monoisotopic (exact) mass is 527 g/mol. The molecule has 0 atom stereocenters. The van der Waals surface area contributed by atoms with Crippen LogP contribution in [0.5, 0.6) is 5.88 Å². The number of methoxy groups -OCH3 is 1. The fourth-order valence-corrected chi connectivity index (χ4v) is 4.98. The van der Waals surface area contributed by atoms with E-state index in [0.29, 0.717) is 22.6 Å². The Morgan fingerprint density at radius 3 is 2.23 bits per heavy atom. The van der Waals surface area contributed by atoms with E-state index in [4.69, 9.17) is 24.5 Å². The molecule has 9 heteroatoms. The van der Waals surface area contributed by atoms with Crippen molar-refractivity contribution in [2.45, 2.75) is 44.8 Å². The Morgan fingerprint density at radius 1 is 1.05 bits per heavy atom. The second-order valence-electron chi connectivity index (χ2n) is 10.9. The van der Waals surface area contributed by atoms with Gasteiger partial charge in [0.2, 0.25) is 5.88 Å². The van der Waals surface area contributed by atoms with Crippen molar-refractivity contribution < 1.29 is 23.6 Å². The molecule has 2 aliphatic rings. The number of carbonyl (C=O) groups excluding carboxylic acids is 1. The molecule has 0 saturated carbocycles. The largest absolute Gasteiger partial charge is 0.492 e. The maximum atomic E-state index is 12.9. The van der Waals surface area contributed by atoms with Gasteiger partial charge in [-0.3, -0.25) is 0 Å². The molecule has 202 valence electrons. The van der Waals surface area contributed by atoms with E-state index in [1.54, 1.807) is 13.2 Å². The number of nitrogens with zero attached hydrogens (tertiary/aromatic N) is 1. The van der Waals surface area contributed by atoms with Crippen molar-refractivity contribution in [3.8, 4) is 17.0 Å². The Morgan fingerprint density at radius 2 is 1.64 bits per heavy atom. The second-order valence-corrected chi connectivity index (χ2v) is 10.9. The van der Waals surface area contributed by atoms with Gasteiger partial charge in [0.15, 0.2) is 0 Å². The fourth-order valence-electron chi connectivity index (χ4n) is 4.98. The molecule has 1 aromatic heterocycles. The lowest BCUT2D eigenvalue weighted by Crippen LogP contribution is -2.41. The van der Waals surface area contributed by atoms with Crippen LogP contribution in [0.2, 0.25) is 0 Å². The van der Waals surface area contributed by atoms with Gasteiger partial charge in [-0.25, -0.2) is 9.78 Å². The van der Waals surface area contributed by atoms with E-state index in [1.807, 2.05) is 58.0 Å². The van der Waals surface area contributed by atoms with E-state index in [0.717, 1.165) is 11.1 Å². The van der Waals surface area contributed by atoms with Crippen molar-refractivity contribution in [3.05, 3.63) is 83.0 Å². The van der Waals surface area contributed by atoms with Crippen molar-refractivity contribution in [1.82, 2.24) is 10.3 Å². The van der Waals surface area contributed by atoms with Crippen LogP contribution < -0.4 is 15.8 Å². The maximum Gasteiger partial charge on any atom is 0.492 e. The maximum absolute atomic E-state index is 12.9. The number of hydrogen-bond acceptors (Lipinski definition) is 7. The van der Waals surface area contributed by atoms with Crippen LogP contribution in [0, 0.1) is 0 Å². The fraction of sp³-hybridized carbons (Fsp3) is 0.333. The van der Waals surface area contributed by atoms with Crippen LogP contribution in [0.15, 0.2) is 66.3 Å². The lowest BCUT2D eigenvalue weighted by atomic mass is 9.77. The van der Waals surface area contributed by atoms with Crippen LogP contribution in [0.1, 0.15) is 50.3 Å². The smallest absolute Gasteiger partial charge is 0.481 e. The number of carbonyl (C=O) groups is 1. The highest BCUT2D eigenvalue weighted by Crippen LogP contribution is 2.44. The van der Waals surface area contributed by atoms with Crippen LogP contribution in [0.4, 0.5) is 10.5 Å². The van der Waals surface area contributed by atoms with Crippen molar-refractivity contribution in [3.63, 3.8) is 0 Å². The van der Waals surface area contributed by atoms with Crippen molar-refractivity contribution in [1.29, 1.82) is 0 Å². The molecule has 0 bridgehead atoms. The van der Waals surface area contributed by atoms with Crippen LogP contribution in [0.25, 0.3) is 17.2 Å². The van der Waals surface area contributed by atoms with E-state index in [2.05, 4.69) is 34.6 Å². The summed E-state index contributed by atoms with van der Waals surface area (Å²) in [6, 6.07) is 18.2. The lowest BCUT2D eigenvalue weighted by Gasteiger charge is -2.32. The summed E-state index contributed by atoms with van der Waals surface area (Å²) in [5.41, 5.74) is 11.4. The standard InChI is InChI=1S/C30H34BN3O5/c1-29(2)30(3,4)39-31(38-29)20(14-19-15-21(32)17-33-27(19)36-5)16-34-28(35)37-18-26-24-12-8-6-10-22(24)23-11-7-9-13-25(23)26/h6-15,17,26H,16,18,32H2,1-5H3,(H,34,35). The molecule has 3 aromatic rings. The molecule has 0 spiro atoms. The molecule has 1 aliphatic heterocycles. The number of hydrogen-bond donors (Lipinski definition) is 2. The number of anilines is 1. The molecule has 1 amide bonds. The molecule has 1 fully saturated rings. The first-order chi connectivity index (χ1) is 18.6. The zero-order valence-electron chi connectivity index (χ0n) is 23.0. The van der Waals surface area contributed by atoms with Crippen LogP contribution in [-0.2, 0) is 14.0 Å². The third kappa shape index (κ3) is 5.24. The summed E-state index contributed by atoms with van der Waals surface area (Å²) in [5, 5.41) is 2.88. The van der Waals surface area contributed by atoms with Gasteiger partial charge in [-0.05, 0) is 61.5 Å². The Balaban J connectivity index is 1.33. The van der Waals surface area contributed by atoms with E-state index in [-0.39, 0.29) is 19.1 Å². The molecule has 5 rings (SSSR count). The van der Waals surface area contributed by atoms with Crippen molar-refractivity contribution >= 4 is 25.0 Å². The second kappa shape index (κ2) is 10.4. The van der Waals surface area contributed by atoms with E-state index >= 15 is 0 Å². The lowest BCUT2D eigenvalue weighted by molar-refractivity contribution is 0.00578. The summed E-state index contributed by atoms with van der Waals surface area (Å²) >= 11 is 0. The van der Waals surface area contributed by atoms with E-state index < -0.39 is 24.4 Å². The summed E-state index contributed by atoms with van der Waals surface area (Å²) in [6.45, 7) is 8.27. The predicted molar refractivity (Wildman–Crippen MR) is 152 cm³/mol. The van der Waals surface area contributed by atoms with E-state index in [9.17, 15) is 4.79 Å². The number of nitrogens with two attached hydrogens (primary N) is 1. The minimum Gasteiger partial charge on any atom is -0.481 e. The summed E-state index contributed by atoms with van der Waals surface area (Å²) < 4.78 is 23.7. The quantitative estimate of drug-likeness (QED) is 0.406. The number of pyridine rings is 1. The minimum atomic E-state index is -0.699. The zero-order valence-corrected chi connectivity index (χ0v) is 23.0. The van der Waals surface area contributed by atoms with Crippen molar-refractivity contribution in [2.24, 2.45) is 0 Å². The third-order valence-electron chi connectivity index (χ3n) is 7.77. The first kappa shape index (κ1) is 26.8.